The average molecular weight is 506 g/mol. The first-order valence-electron chi connectivity index (χ1n) is 9.04. The van der Waals surface area contributed by atoms with Crippen molar-refractivity contribution in [3.05, 3.63) is 23.8 Å². The molecule has 1 unspecified atom stereocenters. The Kier molecular flexibility index (Phi) is 11.0. The highest BCUT2D eigenvalue weighted by Crippen LogP contribution is 2.27. The summed E-state index contributed by atoms with van der Waals surface area (Å²) < 4.78 is 16.0. The van der Waals surface area contributed by atoms with Crippen molar-refractivity contribution in [2.24, 2.45) is 10.9 Å². The molecule has 1 aromatic carbocycles. The van der Waals surface area contributed by atoms with E-state index in [1.165, 1.54) is 0 Å². The molecule has 9 heteroatoms. The normalized spacial score (nSPS) is 16.1. The Morgan fingerprint density at radius 1 is 1.25 bits per heavy atom. The highest BCUT2D eigenvalue weighted by atomic mass is 127. The van der Waals surface area contributed by atoms with Gasteiger partial charge < -0.3 is 29.7 Å². The van der Waals surface area contributed by atoms with Crippen molar-refractivity contribution in [2.45, 2.75) is 13.0 Å². The molecule has 28 heavy (non-hydrogen) atoms. The van der Waals surface area contributed by atoms with Crippen molar-refractivity contribution in [1.29, 1.82) is 0 Å². The number of carbonyl (C=O) groups is 1. The van der Waals surface area contributed by atoms with Gasteiger partial charge in [-0.1, -0.05) is 6.07 Å². The van der Waals surface area contributed by atoms with E-state index < -0.39 is 0 Å². The van der Waals surface area contributed by atoms with Crippen LogP contribution in [0.2, 0.25) is 0 Å². The minimum atomic E-state index is -0.0141. The lowest BCUT2D eigenvalue weighted by atomic mass is 10.1. The number of guanidine groups is 1. The van der Waals surface area contributed by atoms with E-state index in [0.717, 1.165) is 31.7 Å². The lowest BCUT2D eigenvalue weighted by Crippen LogP contribution is -2.44. The molecule has 1 heterocycles. The number of amides is 1. The van der Waals surface area contributed by atoms with Crippen molar-refractivity contribution in [1.82, 2.24) is 15.5 Å². The van der Waals surface area contributed by atoms with Gasteiger partial charge in [0.15, 0.2) is 17.5 Å². The van der Waals surface area contributed by atoms with Crippen LogP contribution >= 0.6 is 24.0 Å². The Morgan fingerprint density at radius 2 is 2.00 bits per heavy atom. The summed E-state index contributed by atoms with van der Waals surface area (Å²) in [5.41, 5.74) is 0.983. The smallest absolute Gasteiger partial charge is 0.241 e. The Balaban J connectivity index is 0.00000392. The maximum absolute atomic E-state index is 11.9. The summed E-state index contributed by atoms with van der Waals surface area (Å²) in [7, 11) is 6.67. The highest BCUT2D eigenvalue weighted by Gasteiger charge is 2.16. The van der Waals surface area contributed by atoms with Crippen LogP contribution in [0.1, 0.15) is 12.0 Å². The number of halogens is 1. The molecule has 8 nitrogen and oxygen atoms in total. The number of ether oxygens (including phenoxy) is 3. The molecule has 1 saturated heterocycles. The number of carbonyl (C=O) groups excluding carboxylic acids is 1. The highest BCUT2D eigenvalue weighted by molar-refractivity contribution is 14.0. The summed E-state index contributed by atoms with van der Waals surface area (Å²) in [6.07, 6.45) is 1.03. The molecule has 1 aliphatic heterocycles. The summed E-state index contributed by atoms with van der Waals surface area (Å²) in [6, 6.07) is 5.70. The minimum absolute atomic E-state index is 0. The molecule has 0 aliphatic carbocycles. The van der Waals surface area contributed by atoms with Crippen LogP contribution < -0.4 is 20.1 Å². The molecule has 1 atom stereocenters. The number of hydrogen-bond donors (Lipinski definition) is 2. The van der Waals surface area contributed by atoms with Gasteiger partial charge in [0.05, 0.1) is 33.9 Å². The molecule has 0 saturated carbocycles. The monoisotopic (exact) mass is 506 g/mol. The van der Waals surface area contributed by atoms with Crippen LogP contribution in [-0.4, -0.2) is 71.4 Å². The molecule has 1 fully saturated rings. The second-order valence-corrected chi connectivity index (χ2v) is 6.61. The molecule has 2 N–H and O–H groups in total. The van der Waals surface area contributed by atoms with Gasteiger partial charge in [-0.2, -0.15) is 0 Å². The molecule has 0 bridgehead atoms. The fraction of sp³-hybridized carbons (Fsp3) is 0.579. The molecular weight excluding hydrogens is 475 g/mol. The third kappa shape index (κ3) is 7.70. The van der Waals surface area contributed by atoms with Crippen LogP contribution in [0.5, 0.6) is 11.5 Å². The predicted octanol–water partition coefficient (Wildman–Crippen LogP) is 1.48. The van der Waals surface area contributed by atoms with Gasteiger partial charge in [0.1, 0.15) is 0 Å². The lowest BCUT2D eigenvalue weighted by Gasteiger charge is -2.16. The maximum Gasteiger partial charge on any atom is 0.241 e. The van der Waals surface area contributed by atoms with Gasteiger partial charge in [-0.25, -0.2) is 4.99 Å². The Labute approximate surface area is 184 Å². The van der Waals surface area contributed by atoms with Gasteiger partial charge in [-0.15, -0.1) is 24.0 Å². The van der Waals surface area contributed by atoms with E-state index in [0.29, 0.717) is 29.9 Å². The number of benzene rings is 1. The maximum atomic E-state index is 11.9. The van der Waals surface area contributed by atoms with Crippen molar-refractivity contribution in [3.63, 3.8) is 0 Å². The number of nitrogens with zero attached hydrogens (tertiary/aromatic N) is 2. The van der Waals surface area contributed by atoms with E-state index in [9.17, 15) is 4.79 Å². The summed E-state index contributed by atoms with van der Waals surface area (Å²) in [4.78, 5) is 18.0. The van der Waals surface area contributed by atoms with E-state index >= 15 is 0 Å². The Hall–Kier alpha value is -1.75. The van der Waals surface area contributed by atoms with E-state index in [4.69, 9.17) is 14.2 Å². The average Bonchev–Trinajstić information content (AvgIpc) is 3.20. The van der Waals surface area contributed by atoms with Crippen LogP contribution in [0, 0.1) is 5.92 Å². The van der Waals surface area contributed by atoms with Gasteiger partial charge in [-0.3, -0.25) is 4.79 Å². The molecule has 0 spiro atoms. The first-order chi connectivity index (χ1) is 13.0. The standard InChI is InChI=1S/C19H30N4O4.HI/c1-23(2)18(24)12-22-19(21-11-15-7-8-27-13-15)20-10-14-5-6-16(25-3)17(9-14)26-4;/h5-6,9,15H,7-8,10-13H2,1-4H3,(H2,20,21,22);1H. The van der Waals surface area contributed by atoms with E-state index in [2.05, 4.69) is 15.6 Å². The van der Waals surface area contributed by atoms with E-state index in [1.54, 1.807) is 33.2 Å². The summed E-state index contributed by atoms with van der Waals surface area (Å²) >= 11 is 0. The van der Waals surface area contributed by atoms with Crippen LogP contribution in [0.15, 0.2) is 23.2 Å². The number of nitrogens with one attached hydrogen (secondary N) is 2. The number of likely N-dealkylation sites (N-methyl/N-ethyl adjacent to an activating group) is 1. The summed E-state index contributed by atoms with van der Waals surface area (Å²) in [6.45, 7) is 2.95. The molecule has 0 aromatic heterocycles. The Morgan fingerprint density at radius 3 is 2.61 bits per heavy atom. The second kappa shape index (κ2) is 12.7. The van der Waals surface area contributed by atoms with Gasteiger partial charge in [-0.05, 0) is 24.1 Å². The molecule has 1 aromatic rings. The van der Waals surface area contributed by atoms with Gasteiger partial charge in [0.2, 0.25) is 5.91 Å². The summed E-state index contributed by atoms with van der Waals surface area (Å²) in [5.74, 6) is 2.40. The third-order valence-electron chi connectivity index (χ3n) is 4.36. The van der Waals surface area contributed by atoms with Crippen molar-refractivity contribution < 1.29 is 19.0 Å². The van der Waals surface area contributed by atoms with Crippen LogP contribution in [0.25, 0.3) is 0 Å². The van der Waals surface area contributed by atoms with E-state index in [-0.39, 0.29) is 36.4 Å². The number of hydrogen-bond acceptors (Lipinski definition) is 5. The zero-order valence-corrected chi connectivity index (χ0v) is 19.3. The number of rotatable bonds is 8. The van der Waals surface area contributed by atoms with Crippen molar-refractivity contribution in [3.8, 4) is 11.5 Å². The molecule has 1 amide bonds. The lowest BCUT2D eigenvalue weighted by molar-refractivity contribution is -0.127. The molecule has 0 radical (unpaired) electrons. The zero-order valence-electron chi connectivity index (χ0n) is 17.0. The zero-order chi connectivity index (χ0) is 19.6. The third-order valence-corrected chi connectivity index (χ3v) is 4.36. The second-order valence-electron chi connectivity index (χ2n) is 6.61. The largest absolute Gasteiger partial charge is 0.493 e. The van der Waals surface area contributed by atoms with Crippen molar-refractivity contribution in [2.75, 3.05) is 54.6 Å². The predicted molar refractivity (Wildman–Crippen MR) is 120 cm³/mol. The van der Waals surface area contributed by atoms with Crippen LogP contribution in [-0.2, 0) is 16.1 Å². The van der Waals surface area contributed by atoms with Gasteiger partial charge in [0.25, 0.3) is 0 Å². The van der Waals surface area contributed by atoms with E-state index in [1.807, 2.05) is 18.2 Å². The number of aliphatic imine (C=N–C) groups is 1. The first-order valence-corrected chi connectivity index (χ1v) is 9.04. The Bertz CT molecular complexity index is 649. The van der Waals surface area contributed by atoms with Crippen LogP contribution in [0.3, 0.4) is 0 Å². The van der Waals surface area contributed by atoms with Gasteiger partial charge in [0, 0.05) is 33.2 Å². The quantitative estimate of drug-likeness (QED) is 0.316. The molecule has 1 aliphatic rings. The number of methoxy groups -OCH3 is 2. The summed E-state index contributed by atoms with van der Waals surface area (Å²) in [5, 5.41) is 6.41. The minimum Gasteiger partial charge on any atom is -0.493 e. The molecular formula is C19H31IN4O4. The molecule has 158 valence electrons. The first kappa shape index (κ1) is 24.3. The van der Waals surface area contributed by atoms with Crippen LogP contribution in [0.4, 0.5) is 0 Å². The topological polar surface area (TPSA) is 84.4 Å². The molecule has 2 rings (SSSR count). The SMILES string of the molecule is COc1ccc(CN=C(NCC(=O)N(C)C)NCC2CCOC2)cc1OC.I. The van der Waals surface area contributed by atoms with Gasteiger partial charge >= 0.3 is 0 Å². The van der Waals surface area contributed by atoms with Crippen molar-refractivity contribution >= 4 is 35.8 Å². The fourth-order valence-electron chi connectivity index (χ4n) is 2.63. The fourth-order valence-corrected chi connectivity index (χ4v) is 2.63.